The maximum absolute atomic E-state index is 6.77. The summed E-state index contributed by atoms with van der Waals surface area (Å²) in [7, 11) is 0. The SMILES string of the molecule is Cc1ccc(C(Cl)c2cc(Br)cc(Br)c2)c2ccccc12. The first kappa shape index (κ1) is 15.1. The van der Waals surface area contributed by atoms with Gasteiger partial charge in [-0.25, -0.2) is 0 Å². The molecular weight excluding hydrogens is 411 g/mol. The fourth-order valence-electron chi connectivity index (χ4n) is 2.60. The van der Waals surface area contributed by atoms with E-state index in [1.165, 1.54) is 16.3 Å². The van der Waals surface area contributed by atoms with Gasteiger partial charge in [0.05, 0.1) is 5.38 Å². The fourth-order valence-corrected chi connectivity index (χ4v) is 4.24. The molecule has 0 saturated carbocycles. The predicted molar refractivity (Wildman–Crippen MR) is 98.2 cm³/mol. The van der Waals surface area contributed by atoms with Gasteiger partial charge in [-0.2, -0.15) is 0 Å². The van der Waals surface area contributed by atoms with Crippen molar-refractivity contribution in [3.8, 4) is 0 Å². The molecule has 0 N–H and O–H groups in total. The molecule has 21 heavy (non-hydrogen) atoms. The second kappa shape index (κ2) is 6.12. The van der Waals surface area contributed by atoms with E-state index in [0.717, 1.165) is 20.1 Å². The molecule has 0 amide bonds. The van der Waals surface area contributed by atoms with Crippen LogP contribution in [0.3, 0.4) is 0 Å². The molecule has 3 rings (SSSR count). The van der Waals surface area contributed by atoms with Gasteiger partial charge in [-0.05, 0) is 52.6 Å². The Morgan fingerprint density at radius 1 is 0.857 bits per heavy atom. The minimum atomic E-state index is -0.177. The summed E-state index contributed by atoms with van der Waals surface area (Å²) >= 11 is 13.8. The second-order valence-electron chi connectivity index (χ2n) is 5.08. The van der Waals surface area contributed by atoms with Gasteiger partial charge in [-0.15, -0.1) is 11.6 Å². The highest BCUT2D eigenvalue weighted by atomic mass is 79.9. The summed E-state index contributed by atoms with van der Waals surface area (Å²) in [6, 6.07) is 18.8. The van der Waals surface area contributed by atoms with Gasteiger partial charge in [0.25, 0.3) is 0 Å². The molecule has 106 valence electrons. The van der Waals surface area contributed by atoms with E-state index in [1.54, 1.807) is 0 Å². The van der Waals surface area contributed by atoms with E-state index in [1.807, 2.05) is 6.07 Å². The van der Waals surface area contributed by atoms with Gasteiger partial charge in [0, 0.05) is 8.95 Å². The van der Waals surface area contributed by atoms with Gasteiger partial charge in [0.15, 0.2) is 0 Å². The number of halogens is 3. The Kier molecular flexibility index (Phi) is 4.39. The van der Waals surface area contributed by atoms with E-state index in [4.69, 9.17) is 11.6 Å². The smallest absolute Gasteiger partial charge is 0.0842 e. The molecule has 0 bridgehead atoms. The second-order valence-corrected chi connectivity index (χ2v) is 7.35. The molecule has 0 spiro atoms. The van der Waals surface area contributed by atoms with Crippen molar-refractivity contribution in [1.82, 2.24) is 0 Å². The van der Waals surface area contributed by atoms with E-state index in [9.17, 15) is 0 Å². The summed E-state index contributed by atoms with van der Waals surface area (Å²) in [5.41, 5.74) is 3.49. The van der Waals surface area contributed by atoms with Gasteiger partial charge in [0.2, 0.25) is 0 Å². The molecule has 0 saturated heterocycles. The molecule has 1 unspecified atom stereocenters. The standard InChI is InChI=1S/C18H13Br2Cl/c1-11-6-7-17(16-5-3-2-4-15(11)16)18(21)12-8-13(19)10-14(20)9-12/h2-10,18H,1H3. The minimum absolute atomic E-state index is 0.177. The van der Waals surface area contributed by atoms with Crippen LogP contribution in [0.25, 0.3) is 10.8 Å². The Labute approximate surface area is 146 Å². The number of benzene rings is 3. The van der Waals surface area contributed by atoms with Crippen LogP contribution < -0.4 is 0 Å². The van der Waals surface area contributed by atoms with E-state index in [2.05, 4.69) is 87.3 Å². The van der Waals surface area contributed by atoms with Gasteiger partial charge in [0.1, 0.15) is 0 Å². The van der Waals surface area contributed by atoms with Crippen LogP contribution in [0.15, 0.2) is 63.5 Å². The minimum Gasteiger partial charge on any atom is -0.113 e. The quantitative estimate of drug-likeness (QED) is 0.389. The van der Waals surface area contributed by atoms with Crippen molar-refractivity contribution in [3.05, 3.63) is 80.2 Å². The number of aryl methyl sites for hydroxylation is 1. The van der Waals surface area contributed by atoms with Crippen LogP contribution in [0.2, 0.25) is 0 Å². The van der Waals surface area contributed by atoms with Crippen molar-refractivity contribution < 1.29 is 0 Å². The normalized spacial score (nSPS) is 12.6. The van der Waals surface area contributed by atoms with Crippen molar-refractivity contribution >= 4 is 54.2 Å². The van der Waals surface area contributed by atoms with Crippen LogP contribution in [-0.2, 0) is 0 Å². The summed E-state index contributed by atoms with van der Waals surface area (Å²) < 4.78 is 2.04. The van der Waals surface area contributed by atoms with Crippen molar-refractivity contribution in [2.75, 3.05) is 0 Å². The number of fused-ring (bicyclic) bond motifs is 1. The van der Waals surface area contributed by atoms with Crippen LogP contribution in [0, 0.1) is 6.92 Å². The zero-order chi connectivity index (χ0) is 15.0. The molecule has 0 aliphatic heterocycles. The Morgan fingerprint density at radius 2 is 1.48 bits per heavy atom. The average Bonchev–Trinajstić information content (AvgIpc) is 2.46. The van der Waals surface area contributed by atoms with Crippen LogP contribution in [0.1, 0.15) is 22.1 Å². The lowest BCUT2D eigenvalue weighted by Crippen LogP contribution is -1.96. The average molecular weight is 425 g/mol. The highest BCUT2D eigenvalue weighted by Crippen LogP contribution is 2.37. The molecule has 0 aliphatic rings. The maximum Gasteiger partial charge on any atom is 0.0842 e. The third kappa shape index (κ3) is 3.03. The highest BCUT2D eigenvalue weighted by Gasteiger charge is 2.15. The van der Waals surface area contributed by atoms with Crippen LogP contribution in [-0.4, -0.2) is 0 Å². The van der Waals surface area contributed by atoms with Crippen molar-refractivity contribution in [2.24, 2.45) is 0 Å². The van der Waals surface area contributed by atoms with Gasteiger partial charge in [-0.3, -0.25) is 0 Å². The van der Waals surface area contributed by atoms with E-state index < -0.39 is 0 Å². The van der Waals surface area contributed by atoms with Crippen LogP contribution >= 0.6 is 43.5 Å². The predicted octanol–water partition coefficient (Wildman–Crippen LogP) is 7.00. The van der Waals surface area contributed by atoms with Crippen LogP contribution in [0.5, 0.6) is 0 Å². The topological polar surface area (TPSA) is 0 Å². The lowest BCUT2D eigenvalue weighted by molar-refractivity contribution is 1.15. The van der Waals surface area contributed by atoms with E-state index >= 15 is 0 Å². The molecule has 1 atom stereocenters. The van der Waals surface area contributed by atoms with Gasteiger partial charge in [-0.1, -0.05) is 68.3 Å². The summed E-state index contributed by atoms with van der Waals surface area (Å²) in [4.78, 5) is 0. The number of hydrogen-bond donors (Lipinski definition) is 0. The molecular formula is C18H13Br2Cl. The van der Waals surface area contributed by atoms with Crippen LogP contribution in [0.4, 0.5) is 0 Å². The van der Waals surface area contributed by atoms with Gasteiger partial charge < -0.3 is 0 Å². The first-order valence-electron chi connectivity index (χ1n) is 6.64. The van der Waals surface area contributed by atoms with E-state index in [0.29, 0.717) is 0 Å². The first-order valence-corrected chi connectivity index (χ1v) is 8.67. The lowest BCUT2D eigenvalue weighted by Gasteiger charge is -2.15. The molecule has 0 aromatic heterocycles. The molecule has 0 fully saturated rings. The molecule has 0 aliphatic carbocycles. The summed E-state index contributed by atoms with van der Waals surface area (Å²) in [6.07, 6.45) is 0. The number of alkyl halides is 1. The van der Waals surface area contributed by atoms with Crippen molar-refractivity contribution in [2.45, 2.75) is 12.3 Å². The van der Waals surface area contributed by atoms with Crippen molar-refractivity contribution in [3.63, 3.8) is 0 Å². The third-order valence-electron chi connectivity index (χ3n) is 3.63. The molecule has 0 heterocycles. The summed E-state index contributed by atoms with van der Waals surface area (Å²) in [5.74, 6) is 0. The summed E-state index contributed by atoms with van der Waals surface area (Å²) in [5, 5.41) is 2.30. The summed E-state index contributed by atoms with van der Waals surface area (Å²) in [6.45, 7) is 2.13. The Hall–Kier alpha value is -0.830. The molecule has 3 aromatic carbocycles. The molecule has 0 nitrogen and oxygen atoms in total. The zero-order valence-electron chi connectivity index (χ0n) is 11.4. The van der Waals surface area contributed by atoms with Gasteiger partial charge >= 0.3 is 0 Å². The monoisotopic (exact) mass is 422 g/mol. The Morgan fingerprint density at radius 3 is 2.14 bits per heavy atom. The Bertz CT molecular complexity index is 791. The molecule has 3 aromatic rings. The highest BCUT2D eigenvalue weighted by molar-refractivity contribution is 9.11. The Balaban J connectivity index is 2.18. The molecule has 0 radical (unpaired) electrons. The van der Waals surface area contributed by atoms with Crippen molar-refractivity contribution in [1.29, 1.82) is 0 Å². The third-order valence-corrected chi connectivity index (χ3v) is 5.03. The largest absolute Gasteiger partial charge is 0.113 e. The maximum atomic E-state index is 6.77. The van der Waals surface area contributed by atoms with E-state index in [-0.39, 0.29) is 5.38 Å². The fraction of sp³-hybridized carbons (Fsp3) is 0.111. The first-order chi connectivity index (χ1) is 10.1. The number of hydrogen-bond acceptors (Lipinski definition) is 0. The molecule has 3 heteroatoms. The lowest BCUT2D eigenvalue weighted by atomic mass is 9.95. The number of rotatable bonds is 2. The zero-order valence-corrected chi connectivity index (χ0v) is 15.3.